The van der Waals surface area contributed by atoms with Gasteiger partial charge in [0.2, 0.25) is 0 Å². The summed E-state index contributed by atoms with van der Waals surface area (Å²) in [6, 6.07) is 6.84. The highest BCUT2D eigenvalue weighted by molar-refractivity contribution is 6.58. The Morgan fingerprint density at radius 3 is 2.52 bits per heavy atom. The Bertz CT molecular complexity index is 403. The van der Waals surface area contributed by atoms with Gasteiger partial charge in [-0.2, -0.15) is 0 Å². The molecule has 5 heteroatoms. The lowest BCUT2D eigenvalue weighted by molar-refractivity contribution is 0.0699. The van der Waals surface area contributed by atoms with Crippen LogP contribution in [0.1, 0.15) is 38.5 Å². The van der Waals surface area contributed by atoms with Crippen molar-refractivity contribution in [3.05, 3.63) is 24.3 Å². The van der Waals surface area contributed by atoms with Crippen LogP contribution in [0.5, 0.6) is 5.75 Å². The molecule has 21 heavy (non-hydrogen) atoms. The van der Waals surface area contributed by atoms with E-state index in [2.05, 4.69) is 0 Å². The van der Waals surface area contributed by atoms with Gasteiger partial charge < -0.3 is 19.5 Å². The molecule has 1 fully saturated rings. The second-order valence-corrected chi connectivity index (χ2v) is 5.73. The van der Waals surface area contributed by atoms with Gasteiger partial charge >= 0.3 is 7.12 Å². The van der Waals surface area contributed by atoms with Crippen molar-refractivity contribution in [3.63, 3.8) is 0 Å². The van der Waals surface area contributed by atoms with Gasteiger partial charge in [0.15, 0.2) is 0 Å². The molecule has 0 spiro atoms. The van der Waals surface area contributed by atoms with Crippen molar-refractivity contribution in [2.45, 2.75) is 38.5 Å². The van der Waals surface area contributed by atoms with Crippen LogP contribution in [-0.2, 0) is 4.74 Å². The lowest BCUT2D eigenvalue weighted by Gasteiger charge is -2.14. The van der Waals surface area contributed by atoms with Crippen molar-refractivity contribution in [1.29, 1.82) is 0 Å². The molecule has 1 aromatic rings. The lowest BCUT2D eigenvalue weighted by atomic mass is 9.80. The molecular weight excluding hydrogens is 267 g/mol. The highest BCUT2D eigenvalue weighted by Gasteiger charge is 2.12. The van der Waals surface area contributed by atoms with Crippen LogP contribution in [0.15, 0.2) is 24.3 Å². The van der Waals surface area contributed by atoms with Crippen LogP contribution in [0.25, 0.3) is 0 Å². The van der Waals surface area contributed by atoms with Crippen LogP contribution in [0.3, 0.4) is 0 Å². The van der Waals surface area contributed by atoms with Crippen LogP contribution in [0, 0.1) is 5.92 Å². The summed E-state index contributed by atoms with van der Waals surface area (Å²) in [7, 11) is -1.46. The van der Waals surface area contributed by atoms with E-state index in [1.54, 1.807) is 24.3 Å². The number of hydrogen-bond donors (Lipinski definition) is 2. The van der Waals surface area contributed by atoms with E-state index >= 15 is 0 Å². The summed E-state index contributed by atoms with van der Waals surface area (Å²) in [5.74, 6) is 1.35. The fraction of sp³-hybridized carbons (Fsp3) is 0.625. The Morgan fingerprint density at radius 2 is 1.81 bits per heavy atom. The topological polar surface area (TPSA) is 58.9 Å². The van der Waals surface area contributed by atoms with Gasteiger partial charge in [-0.3, -0.25) is 0 Å². The molecule has 1 aromatic carbocycles. The van der Waals surface area contributed by atoms with E-state index in [-0.39, 0.29) is 0 Å². The zero-order chi connectivity index (χ0) is 14.9. The molecule has 0 radical (unpaired) electrons. The van der Waals surface area contributed by atoms with Crippen molar-refractivity contribution in [1.82, 2.24) is 0 Å². The SMILES string of the molecule is OB(O)c1cccc(OCCOCC2CCCCCC2)c1. The summed E-state index contributed by atoms with van der Waals surface area (Å²) in [6.45, 7) is 1.89. The first-order valence-electron chi connectivity index (χ1n) is 7.92. The third-order valence-electron chi connectivity index (χ3n) is 3.98. The van der Waals surface area contributed by atoms with Gasteiger partial charge in [-0.15, -0.1) is 0 Å². The van der Waals surface area contributed by atoms with Gasteiger partial charge in [0.1, 0.15) is 12.4 Å². The quantitative estimate of drug-likeness (QED) is 0.456. The molecule has 0 bridgehead atoms. The minimum absolute atomic E-state index is 0.437. The van der Waals surface area contributed by atoms with Crippen LogP contribution in [0.2, 0.25) is 0 Å². The highest BCUT2D eigenvalue weighted by Crippen LogP contribution is 2.22. The average molecular weight is 292 g/mol. The van der Waals surface area contributed by atoms with Gasteiger partial charge in [0.05, 0.1) is 6.61 Å². The fourth-order valence-corrected chi connectivity index (χ4v) is 2.76. The molecule has 0 aromatic heterocycles. The van der Waals surface area contributed by atoms with Crippen molar-refractivity contribution in [2.24, 2.45) is 5.92 Å². The fourth-order valence-electron chi connectivity index (χ4n) is 2.76. The standard InChI is InChI=1S/C16H25BO4/c18-17(19)15-8-5-9-16(12-15)21-11-10-20-13-14-6-3-1-2-4-7-14/h5,8-9,12,14,18-19H,1-4,6-7,10-11,13H2. The van der Waals surface area contributed by atoms with Crippen molar-refractivity contribution in [2.75, 3.05) is 19.8 Å². The minimum Gasteiger partial charge on any atom is -0.491 e. The molecule has 1 aliphatic rings. The molecule has 0 saturated heterocycles. The third kappa shape index (κ3) is 6.08. The van der Waals surface area contributed by atoms with E-state index in [1.807, 2.05) is 0 Å². The minimum atomic E-state index is -1.46. The molecule has 2 N–H and O–H groups in total. The van der Waals surface area contributed by atoms with Crippen LogP contribution in [-0.4, -0.2) is 37.0 Å². The van der Waals surface area contributed by atoms with Gasteiger partial charge in [-0.05, 0) is 36.4 Å². The number of ether oxygens (including phenoxy) is 2. The van der Waals surface area contributed by atoms with Crippen molar-refractivity contribution in [3.8, 4) is 5.75 Å². The molecule has 0 unspecified atom stereocenters. The van der Waals surface area contributed by atoms with E-state index in [0.29, 0.717) is 30.3 Å². The largest absolute Gasteiger partial charge is 0.491 e. The summed E-state index contributed by atoms with van der Waals surface area (Å²) in [4.78, 5) is 0. The summed E-state index contributed by atoms with van der Waals surface area (Å²) >= 11 is 0. The number of benzene rings is 1. The maximum atomic E-state index is 9.10. The Hall–Kier alpha value is -1.04. The third-order valence-corrected chi connectivity index (χ3v) is 3.98. The molecule has 4 nitrogen and oxygen atoms in total. The highest BCUT2D eigenvalue weighted by atomic mass is 16.5. The van der Waals surface area contributed by atoms with Gasteiger partial charge in [0.25, 0.3) is 0 Å². The van der Waals surface area contributed by atoms with Crippen molar-refractivity contribution >= 4 is 12.6 Å². The smallest absolute Gasteiger partial charge is 0.488 e. The first kappa shape index (κ1) is 16.3. The Labute approximate surface area is 127 Å². The van der Waals surface area contributed by atoms with E-state index in [1.165, 1.54) is 38.5 Å². The second kappa shape index (κ2) is 9.08. The lowest BCUT2D eigenvalue weighted by Crippen LogP contribution is -2.29. The monoisotopic (exact) mass is 292 g/mol. The average Bonchev–Trinajstić information content (AvgIpc) is 2.76. The molecule has 116 valence electrons. The predicted octanol–water partition coefficient (Wildman–Crippen LogP) is 1.73. The molecule has 0 heterocycles. The van der Waals surface area contributed by atoms with E-state index < -0.39 is 7.12 Å². The maximum absolute atomic E-state index is 9.10. The Kier molecular flexibility index (Phi) is 7.06. The second-order valence-electron chi connectivity index (χ2n) is 5.73. The zero-order valence-electron chi connectivity index (χ0n) is 12.5. The molecule has 1 aliphatic carbocycles. The molecule has 1 saturated carbocycles. The van der Waals surface area contributed by atoms with E-state index in [9.17, 15) is 0 Å². The Morgan fingerprint density at radius 1 is 1.05 bits per heavy atom. The summed E-state index contributed by atoms with van der Waals surface area (Å²) < 4.78 is 11.3. The molecule has 0 atom stereocenters. The van der Waals surface area contributed by atoms with E-state index in [0.717, 1.165) is 6.61 Å². The van der Waals surface area contributed by atoms with Gasteiger partial charge in [-0.1, -0.05) is 37.8 Å². The predicted molar refractivity (Wildman–Crippen MR) is 83.8 cm³/mol. The number of hydrogen-bond acceptors (Lipinski definition) is 4. The first-order chi connectivity index (χ1) is 10.3. The van der Waals surface area contributed by atoms with Crippen LogP contribution < -0.4 is 10.2 Å². The maximum Gasteiger partial charge on any atom is 0.488 e. The summed E-state index contributed by atoms with van der Waals surface area (Å²) in [6.07, 6.45) is 7.98. The van der Waals surface area contributed by atoms with Crippen LogP contribution >= 0.6 is 0 Å². The molecular formula is C16H25BO4. The normalized spacial score (nSPS) is 16.5. The van der Waals surface area contributed by atoms with Crippen molar-refractivity contribution < 1.29 is 19.5 Å². The molecule has 2 rings (SSSR count). The molecule has 0 aliphatic heterocycles. The molecule has 0 amide bonds. The van der Waals surface area contributed by atoms with Gasteiger partial charge in [0, 0.05) is 6.61 Å². The number of rotatable bonds is 7. The Balaban J connectivity index is 1.62. The van der Waals surface area contributed by atoms with Gasteiger partial charge in [-0.25, -0.2) is 0 Å². The van der Waals surface area contributed by atoms with Crippen LogP contribution in [0.4, 0.5) is 0 Å². The summed E-state index contributed by atoms with van der Waals surface area (Å²) in [5.41, 5.74) is 0.437. The van der Waals surface area contributed by atoms with E-state index in [4.69, 9.17) is 19.5 Å². The zero-order valence-corrected chi connectivity index (χ0v) is 12.5. The first-order valence-corrected chi connectivity index (χ1v) is 7.92. The summed E-state index contributed by atoms with van der Waals surface area (Å²) in [5, 5.41) is 18.2.